The van der Waals surface area contributed by atoms with Crippen LogP contribution in [-0.2, 0) is 11.3 Å². The zero-order chi connectivity index (χ0) is 28.9. The highest BCUT2D eigenvalue weighted by Gasteiger charge is 2.23. The van der Waals surface area contributed by atoms with E-state index in [1.54, 1.807) is 6.20 Å². The molecule has 1 saturated carbocycles. The lowest BCUT2D eigenvalue weighted by Crippen LogP contribution is -2.44. The average Bonchev–Trinajstić information content (AvgIpc) is 3.62. The van der Waals surface area contributed by atoms with Crippen molar-refractivity contribution >= 4 is 28.1 Å². The van der Waals surface area contributed by atoms with Crippen LogP contribution in [-0.4, -0.2) is 67.6 Å². The van der Waals surface area contributed by atoms with Crippen LogP contribution in [0, 0.1) is 0 Å². The van der Waals surface area contributed by atoms with Crippen molar-refractivity contribution in [3.8, 4) is 22.2 Å². The van der Waals surface area contributed by atoms with Gasteiger partial charge in [-0.1, -0.05) is 29.5 Å². The number of aliphatic hydroxyl groups excluding tert-OH is 1. The SMILES string of the molecule is C[C@@H]1CN(Cc2cc(Nc3ncc(-c4nnc(-c5ccccc5)o4)s3)nc(NC3CCCC(O)CCC3)c2)C[C@H](C)O1. The van der Waals surface area contributed by atoms with Gasteiger partial charge in [-0.3, -0.25) is 4.90 Å². The van der Waals surface area contributed by atoms with Gasteiger partial charge in [0, 0.05) is 31.2 Å². The van der Waals surface area contributed by atoms with Gasteiger partial charge >= 0.3 is 0 Å². The molecule has 6 rings (SSSR count). The van der Waals surface area contributed by atoms with Gasteiger partial charge in [-0.25, -0.2) is 9.97 Å². The molecule has 0 radical (unpaired) electrons. The van der Waals surface area contributed by atoms with E-state index < -0.39 is 0 Å². The highest BCUT2D eigenvalue weighted by atomic mass is 32.1. The number of pyridine rings is 1. The minimum absolute atomic E-state index is 0.165. The summed E-state index contributed by atoms with van der Waals surface area (Å²) in [5, 5.41) is 26.3. The molecule has 0 amide bonds. The van der Waals surface area contributed by atoms with Gasteiger partial charge in [0.15, 0.2) is 5.13 Å². The van der Waals surface area contributed by atoms with Crippen molar-refractivity contribution in [3.63, 3.8) is 0 Å². The molecule has 3 N–H and O–H groups in total. The Morgan fingerprint density at radius 3 is 2.43 bits per heavy atom. The molecule has 1 saturated heterocycles. The van der Waals surface area contributed by atoms with E-state index in [9.17, 15) is 5.11 Å². The van der Waals surface area contributed by atoms with Crippen LogP contribution in [0.2, 0.25) is 0 Å². The van der Waals surface area contributed by atoms with Crippen LogP contribution in [0.15, 0.2) is 53.1 Å². The fourth-order valence-corrected chi connectivity index (χ4v) is 6.64. The average molecular weight is 590 g/mol. The molecule has 1 aliphatic heterocycles. The fourth-order valence-electron chi connectivity index (χ4n) is 5.89. The Morgan fingerprint density at radius 1 is 0.952 bits per heavy atom. The third-order valence-electron chi connectivity index (χ3n) is 7.72. The molecule has 1 aromatic carbocycles. The molecule has 11 heteroatoms. The zero-order valence-electron chi connectivity index (χ0n) is 24.2. The van der Waals surface area contributed by atoms with Crippen molar-refractivity contribution in [1.82, 2.24) is 25.1 Å². The Balaban J connectivity index is 1.20. The molecule has 2 aliphatic rings. The van der Waals surface area contributed by atoms with Gasteiger partial charge in [0.2, 0.25) is 5.89 Å². The summed E-state index contributed by atoms with van der Waals surface area (Å²) in [5.74, 6) is 2.51. The van der Waals surface area contributed by atoms with E-state index in [4.69, 9.17) is 14.1 Å². The van der Waals surface area contributed by atoms with E-state index in [0.717, 1.165) is 80.2 Å². The molecular weight excluding hydrogens is 550 g/mol. The van der Waals surface area contributed by atoms with Crippen LogP contribution in [0.4, 0.5) is 16.8 Å². The normalized spacial score (nSPS) is 23.7. The maximum atomic E-state index is 10.1. The highest BCUT2D eigenvalue weighted by Crippen LogP contribution is 2.32. The first-order chi connectivity index (χ1) is 20.5. The molecule has 0 bridgehead atoms. The Morgan fingerprint density at radius 2 is 1.67 bits per heavy atom. The summed E-state index contributed by atoms with van der Waals surface area (Å²) < 4.78 is 11.9. The standard InChI is InChI=1S/C31H39N7O3S/c1-20-17-38(18-21(2)40-20)19-22-14-27(33-24-10-6-12-25(39)13-7-11-24)34-28(15-22)35-31-32-16-26(42-31)30-37-36-29(41-30)23-8-4-3-5-9-23/h3-5,8-9,14-16,20-21,24-25,39H,6-7,10-13,17-19H2,1-2H3,(H2,32,33,34,35)/t20-,21+,24?,25?. The summed E-state index contributed by atoms with van der Waals surface area (Å²) in [6.07, 6.45) is 7.79. The third kappa shape index (κ3) is 7.52. The summed E-state index contributed by atoms with van der Waals surface area (Å²) in [4.78, 5) is 12.8. The number of ether oxygens (including phenoxy) is 1. The number of aromatic nitrogens is 4. The Hall–Kier alpha value is -3.38. The van der Waals surface area contributed by atoms with Crippen molar-refractivity contribution in [1.29, 1.82) is 0 Å². The molecule has 2 atom stereocenters. The topological polar surface area (TPSA) is 121 Å². The quantitative estimate of drug-likeness (QED) is 0.222. The number of hydrogen-bond acceptors (Lipinski definition) is 11. The molecule has 3 aromatic heterocycles. The van der Waals surface area contributed by atoms with Crippen LogP contribution < -0.4 is 10.6 Å². The highest BCUT2D eigenvalue weighted by molar-refractivity contribution is 7.18. The van der Waals surface area contributed by atoms with Gasteiger partial charge in [0.05, 0.1) is 24.5 Å². The number of anilines is 3. The first kappa shape index (κ1) is 28.7. The monoisotopic (exact) mass is 589 g/mol. The lowest BCUT2D eigenvalue weighted by atomic mass is 9.95. The third-order valence-corrected chi connectivity index (χ3v) is 8.62. The summed E-state index contributed by atoms with van der Waals surface area (Å²) >= 11 is 1.45. The number of nitrogens with one attached hydrogen (secondary N) is 2. The molecule has 10 nitrogen and oxygen atoms in total. The first-order valence-electron chi connectivity index (χ1n) is 14.9. The van der Waals surface area contributed by atoms with Crippen molar-refractivity contribution in [2.75, 3.05) is 23.7 Å². The second-order valence-electron chi connectivity index (χ2n) is 11.5. The van der Waals surface area contributed by atoms with E-state index >= 15 is 0 Å². The van der Waals surface area contributed by atoms with Crippen LogP contribution in [0.1, 0.15) is 57.9 Å². The summed E-state index contributed by atoms with van der Waals surface area (Å²) in [7, 11) is 0. The minimum Gasteiger partial charge on any atom is -0.415 e. The number of benzene rings is 1. The Bertz CT molecular complexity index is 1430. The minimum atomic E-state index is -0.165. The smallest absolute Gasteiger partial charge is 0.259 e. The largest absolute Gasteiger partial charge is 0.415 e. The number of morpholine rings is 1. The number of hydrogen-bond donors (Lipinski definition) is 3. The maximum Gasteiger partial charge on any atom is 0.259 e. The predicted octanol–water partition coefficient (Wildman–Crippen LogP) is 6.10. The molecule has 4 aromatic rings. The maximum absolute atomic E-state index is 10.1. The first-order valence-corrected chi connectivity index (χ1v) is 15.7. The number of thiazole rings is 1. The molecule has 1 aliphatic carbocycles. The van der Waals surface area contributed by atoms with Crippen LogP contribution in [0.3, 0.4) is 0 Å². The van der Waals surface area contributed by atoms with E-state index in [-0.39, 0.29) is 18.3 Å². The Kier molecular flexibility index (Phi) is 9.09. The van der Waals surface area contributed by atoms with E-state index in [1.165, 1.54) is 16.9 Å². The summed E-state index contributed by atoms with van der Waals surface area (Å²) in [6.45, 7) is 6.87. The number of aliphatic hydroxyl groups is 1. The van der Waals surface area contributed by atoms with Crippen LogP contribution in [0.5, 0.6) is 0 Å². The lowest BCUT2D eigenvalue weighted by molar-refractivity contribution is -0.0704. The van der Waals surface area contributed by atoms with Gasteiger partial charge in [-0.05, 0) is 82.2 Å². The van der Waals surface area contributed by atoms with Crippen molar-refractivity contribution < 1.29 is 14.3 Å². The van der Waals surface area contributed by atoms with Crippen molar-refractivity contribution in [2.24, 2.45) is 0 Å². The van der Waals surface area contributed by atoms with Crippen molar-refractivity contribution in [2.45, 2.75) is 83.3 Å². The van der Waals surface area contributed by atoms with Gasteiger partial charge in [0.25, 0.3) is 5.89 Å². The molecular formula is C31H39N7O3S. The van der Waals surface area contributed by atoms with E-state index in [2.05, 4.69) is 56.7 Å². The summed E-state index contributed by atoms with van der Waals surface area (Å²) in [6, 6.07) is 14.3. The lowest BCUT2D eigenvalue weighted by Gasteiger charge is -2.35. The zero-order valence-corrected chi connectivity index (χ0v) is 25.0. The molecule has 2 fully saturated rings. The second-order valence-corrected chi connectivity index (χ2v) is 12.5. The molecule has 222 valence electrons. The second kappa shape index (κ2) is 13.3. The number of rotatable bonds is 8. The Labute approximate surface area is 250 Å². The van der Waals surface area contributed by atoms with E-state index in [1.807, 2.05) is 30.3 Å². The van der Waals surface area contributed by atoms with Gasteiger partial charge in [-0.2, -0.15) is 0 Å². The van der Waals surface area contributed by atoms with Gasteiger partial charge < -0.3 is 24.9 Å². The van der Waals surface area contributed by atoms with E-state index in [0.29, 0.717) is 23.0 Å². The van der Waals surface area contributed by atoms with Gasteiger partial charge in [-0.15, -0.1) is 10.2 Å². The molecule has 0 unspecified atom stereocenters. The van der Waals surface area contributed by atoms with Crippen LogP contribution >= 0.6 is 11.3 Å². The van der Waals surface area contributed by atoms with Gasteiger partial charge in [0.1, 0.15) is 16.5 Å². The molecule has 42 heavy (non-hydrogen) atoms. The molecule has 0 spiro atoms. The van der Waals surface area contributed by atoms with Crippen LogP contribution in [0.25, 0.3) is 22.2 Å². The predicted molar refractivity (Wildman–Crippen MR) is 165 cm³/mol. The summed E-state index contributed by atoms with van der Waals surface area (Å²) in [5.41, 5.74) is 2.06. The number of nitrogens with zero attached hydrogens (tertiary/aromatic N) is 5. The fraction of sp³-hybridized carbons (Fsp3) is 0.484. The van der Waals surface area contributed by atoms with Crippen molar-refractivity contribution in [3.05, 3.63) is 54.2 Å². The molecule has 4 heterocycles.